The largest absolute Gasteiger partial charge is 0.342 e. The number of nitrogens with one attached hydrogen (secondary N) is 2. The molecule has 3 rings (SSSR count). The minimum Gasteiger partial charge on any atom is -0.342 e. The van der Waals surface area contributed by atoms with Crippen molar-refractivity contribution in [2.75, 3.05) is 18.4 Å². The molecule has 6 nitrogen and oxygen atoms in total. The second-order valence-corrected chi connectivity index (χ2v) is 5.88. The van der Waals surface area contributed by atoms with E-state index in [0.29, 0.717) is 25.1 Å². The third kappa shape index (κ3) is 3.39. The van der Waals surface area contributed by atoms with Gasteiger partial charge < -0.3 is 15.2 Å². The van der Waals surface area contributed by atoms with Crippen LogP contribution in [-0.2, 0) is 4.79 Å². The van der Waals surface area contributed by atoms with E-state index in [1.807, 2.05) is 6.07 Å². The highest BCUT2D eigenvalue weighted by Crippen LogP contribution is 2.22. The van der Waals surface area contributed by atoms with Gasteiger partial charge in [0.05, 0.1) is 5.92 Å². The van der Waals surface area contributed by atoms with Crippen molar-refractivity contribution in [1.29, 1.82) is 5.26 Å². The Morgan fingerprint density at radius 2 is 1.92 bits per heavy atom. The van der Waals surface area contributed by atoms with E-state index < -0.39 is 29.3 Å². The molecule has 1 aromatic heterocycles. The van der Waals surface area contributed by atoms with E-state index in [-0.39, 0.29) is 29.5 Å². The van der Waals surface area contributed by atoms with Gasteiger partial charge in [-0.05, 0) is 18.6 Å². The molecule has 2 amide bonds. The summed E-state index contributed by atoms with van der Waals surface area (Å²) in [6.07, 6.45) is 0.371. The van der Waals surface area contributed by atoms with Gasteiger partial charge in [-0.1, -0.05) is 0 Å². The summed E-state index contributed by atoms with van der Waals surface area (Å²) in [5, 5.41) is 11.1. The van der Waals surface area contributed by atoms with Crippen molar-refractivity contribution in [2.24, 2.45) is 5.92 Å². The molecule has 1 aromatic carbocycles. The Hall–Kier alpha value is -3.28. The topological polar surface area (TPSA) is 89.0 Å². The standard InChI is InChI=1S/C17H13F3N4O2/c18-12-5-11(6-13(19)15(12)20)23-16(25)9-3-4-24(8-9)17(26)14-2-1-10(7-21)22-14/h1-2,5-6,9,22H,3-4,8H2,(H,23,25)/t9-/m0/s1. The molecule has 1 saturated heterocycles. The number of carbonyl (C=O) groups is 2. The van der Waals surface area contributed by atoms with Gasteiger partial charge in [0.25, 0.3) is 5.91 Å². The summed E-state index contributed by atoms with van der Waals surface area (Å²) in [6.45, 7) is 0.446. The number of rotatable bonds is 3. The van der Waals surface area contributed by atoms with Crippen LogP contribution in [0, 0.1) is 34.7 Å². The average Bonchev–Trinajstić information content (AvgIpc) is 3.28. The number of halogens is 3. The second kappa shape index (κ2) is 6.92. The van der Waals surface area contributed by atoms with Gasteiger partial charge in [0.15, 0.2) is 17.5 Å². The van der Waals surface area contributed by atoms with Crippen LogP contribution in [0.15, 0.2) is 24.3 Å². The number of aromatic nitrogens is 1. The molecule has 2 heterocycles. The number of amides is 2. The fourth-order valence-electron chi connectivity index (χ4n) is 2.79. The van der Waals surface area contributed by atoms with Gasteiger partial charge in [0.1, 0.15) is 17.5 Å². The molecule has 2 aromatic rings. The monoisotopic (exact) mass is 362 g/mol. The molecule has 1 aliphatic heterocycles. The highest BCUT2D eigenvalue weighted by molar-refractivity contribution is 5.96. The number of nitrogens with zero attached hydrogens (tertiary/aromatic N) is 2. The first-order chi connectivity index (χ1) is 12.4. The normalized spacial score (nSPS) is 16.4. The van der Waals surface area contributed by atoms with E-state index in [1.54, 1.807) is 0 Å². The molecule has 0 spiro atoms. The lowest BCUT2D eigenvalue weighted by Gasteiger charge is -2.15. The third-order valence-corrected chi connectivity index (χ3v) is 4.13. The predicted octanol–water partition coefficient (Wildman–Crippen LogP) is 2.40. The van der Waals surface area contributed by atoms with E-state index in [4.69, 9.17) is 5.26 Å². The zero-order valence-corrected chi connectivity index (χ0v) is 13.4. The van der Waals surface area contributed by atoms with Crippen molar-refractivity contribution >= 4 is 17.5 Å². The summed E-state index contributed by atoms with van der Waals surface area (Å²) in [4.78, 5) is 28.7. The molecule has 134 valence electrons. The van der Waals surface area contributed by atoms with E-state index in [2.05, 4.69) is 10.3 Å². The minimum atomic E-state index is -1.61. The molecular formula is C17H13F3N4O2. The van der Waals surface area contributed by atoms with Crippen LogP contribution in [-0.4, -0.2) is 34.8 Å². The van der Waals surface area contributed by atoms with Crippen LogP contribution in [0.4, 0.5) is 18.9 Å². The molecule has 9 heteroatoms. The Labute approximate surface area is 146 Å². The zero-order chi connectivity index (χ0) is 18.8. The van der Waals surface area contributed by atoms with Gasteiger partial charge in [-0.3, -0.25) is 9.59 Å². The number of anilines is 1. The van der Waals surface area contributed by atoms with Crippen LogP contribution in [0.5, 0.6) is 0 Å². The van der Waals surface area contributed by atoms with Gasteiger partial charge in [0.2, 0.25) is 5.91 Å². The van der Waals surface area contributed by atoms with Crippen LogP contribution >= 0.6 is 0 Å². The Morgan fingerprint density at radius 1 is 1.23 bits per heavy atom. The van der Waals surface area contributed by atoms with Gasteiger partial charge >= 0.3 is 0 Å². The van der Waals surface area contributed by atoms with Crippen molar-refractivity contribution in [3.63, 3.8) is 0 Å². The zero-order valence-electron chi connectivity index (χ0n) is 13.4. The fourth-order valence-corrected chi connectivity index (χ4v) is 2.79. The summed E-state index contributed by atoms with van der Waals surface area (Å²) >= 11 is 0. The van der Waals surface area contributed by atoms with Crippen molar-refractivity contribution in [1.82, 2.24) is 9.88 Å². The van der Waals surface area contributed by atoms with E-state index >= 15 is 0 Å². The number of hydrogen-bond donors (Lipinski definition) is 2. The number of likely N-dealkylation sites (tertiary alicyclic amines) is 1. The first kappa shape index (κ1) is 17.5. The molecule has 1 fully saturated rings. The maximum Gasteiger partial charge on any atom is 0.270 e. The quantitative estimate of drug-likeness (QED) is 0.822. The Morgan fingerprint density at radius 3 is 2.54 bits per heavy atom. The van der Waals surface area contributed by atoms with Gasteiger partial charge in [-0.15, -0.1) is 0 Å². The Kier molecular flexibility index (Phi) is 4.67. The van der Waals surface area contributed by atoms with Crippen molar-refractivity contribution < 1.29 is 22.8 Å². The molecule has 0 unspecified atom stereocenters. The highest BCUT2D eigenvalue weighted by atomic mass is 19.2. The Bertz CT molecular complexity index is 896. The molecule has 0 saturated carbocycles. The summed E-state index contributed by atoms with van der Waals surface area (Å²) in [6, 6.07) is 6.23. The van der Waals surface area contributed by atoms with E-state index in [9.17, 15) is 22.8 Å². The van der Waals surface area contributed by atoms with Crippen LogP contribution in [0.3, 0.4) is 0 Å². The van der Waals surface area contributed by atoms with Crippen LogP contribution in [0.1, 0.15) is 22.6 Å². The lowest BCUT2D eigenvalue weighted by atomic mass is 10.1. The van der Waals surface area contributed by atoms with Crippen LogP contribution < -0.4 is 5.32 Å². The summed E-state index contributed by atoms with van der Waals surface area (Å²) in [5.41, 5.74) is 0.298. The number of nitriles is 1. The lowest BCUT2D eigenvalue weighted by molar-refractivity contribution is -0.119. The van der Waals surface area contributed by atoms with Crippen LogP contribution in [0.25, 0.3) is 0 Å². The molecule has 2 N–H and O–H groups in total. The van der Waals surface area contributed by atoms with Crippen molar-refractivity contribution in [3.8, 4) is 6.07 Å². The van der Waals surface area contributed by atoms with Crippen molar-refractivity contribution in [3.05, 3.63) is 53.1 Å². The average molecular weight is 362 g/mol. The first-order valence-corrected chi connectivity index (χ1v) is 7.73. The van der Waals surface area contributed by atoms with Crippen LogP contribution in [0.2, 0.25) is 0 Å². The summed E-state index contributed by atoms with van der Waals surface area (Å²) in [7, 11) is 0. The van der Waals surface area contributed by atoms with E-state index in [0.717, 1.165) is 0 Å². The van der Waals surface area contributed by atoms with Gasteiger partial charge in [0, 0.05) is 30.9 Å². The summed E-state index contributed by atoms with van der Waals surface area (Å²) < 4.78 is 39.4. The molecule has 0 radical (unpaired) electrons. The second-order valence-electron chi connectivity index (χ2n) is 5.88. The van der Waals surface area contributed by atoms with E-state index in [1.165, 1.54) is 17.0 Å². The lowest BCUT2D eigenvalue weighted by Crippen LogP contribution is -2.31. The molecule has 1 aliphatic rings. The molecule has 1 atom stereocenters. The number of carbonyl (C=O) groups excluding carboxylic acids is 2. The number of hydrogen-bond acceptors (Lipinski definition) is 3. The van der Waals surface area contributed by atoms with Gasteiger partial charge in [-0.2, -0.15) is 5.26 Å². The Balaban J connectivity index is 1.64. The summed E-state index contributed by atoms with van der Waals surface area (Å²) in [5.74, 6) is -5.84. The fraction of sp³-hybridized carbons (Fsp3) is 0.235. The van der Waals surface area contributed by atoms with Crippen molar-refractivity contribution in [2.45, 2.75) is 6.42 Å². The predicted molar refractivity (Wildman–Crippen MR) is 84.5 cm³/mol. The molecule has 26 heavy (non-hydrogen) atoms. The SMILES string of the molecule is N#Cc1ccc(C(=O)N2CC[C@H](C(=O)Nc3cc(F)c(F)c(F)c3)C2)[nH]1. The highest BCUT2D eigenvalue weighted by Gasteiger charge is 2.32. The maximum atomic E-state index is 13.2. The number of benzene rings is 1. The minimum absolute atomic E-state index is 0.123. The molecule has 0 bridgehead atoms. The molecule has 0 aliphatic carbocycles. The first-order valence-electron chi connectivity index (χ1n) is 7.73. The number of H-pyrrole nitrogens is 1. The number of aromatic amines is 1. The maximum absolute atomic E-state index is 13.2. The van der Waals surface area contributed by atoms with Gasteiger partial charge in [-0.25, -0.2) is 13.2 Å². The molecular weight excluding hydrogens is 349 g/mol. The smallest absolute Gasteiger partial charge is 0.270 e. The third-order valence-electron chi connectivity index (χ3n) is 4.13.